The Hall–Kier alpha value is -2.18. The second-order valence-electron chi connectivity index (χ2n) is 6.76. The molecule has 3 rings (SSSR count). The first-order valence-electron chi connectivity index (χ1n) is 8.69. The maximum Gasteiger partial charge on any atom is 0.343 e. The Labute approximate surface area is 154 Å². The molecule has 1 fully saturated rings. The topological polar surface area (TPSA) is 63.7 Å². The highest BCUT2D eigenvalue weighted by atomic mass is 32.2. The quantitative estimate of drug-likeness (QED) is 0.607. The largest absolute Gasteiger partial charge is 0.422 e. The SMILES string of the molecule is Cc1cc(C)c(OC(=O)c2cccc(S(=O)(=O)N3CCCC3)c2)c(C)c1. The average molecular weight is 373 g/mol. The van der Waals surface area contributed by atoms with Gasteiger partial charge in [0.1, 0.15) is 5.75 Å². The molecule has 1 aliphatic heterocycles. The maximum absolute atomic E-state index is 12.7. The number of esters is 1. The highest BCUT2D eigenvalue weighted by molar-refractivity contribution is 7.89. The Kier molecular flexibility index (Phi) is 5.16. The van der Waals surface area contributed by atoms with Crippen molar-refractivity contribution >= 4 is 16.0 Å². The Morgan fingerprint density at radius 1 is 1.00 bits per heavy atom. The van der Waals surface area contributed by atoms with Crippen LogP contribution in [0.2, 0.25) is 0 Å². The van der Waals surface area contributed by atoms with Gasteiger partial charge in [0.15, 0.2) is 0 Å². The smallest absolute Gasteiger partial charge is 0.343 e. The first kappa shape index (κ1) is 18.6. The molecular weight excluding hydrogens is 350 g/mol. The molecule has 1 saturated heterocycles. The van der Waals surface area contributed by atoms with Crippen LogP contribution >= 0.6 is 0 Å². The molecule has 1 aliphatic rings. The first-order chi connectivity index (χ1) is 12.3. The highest BCUT2D eigenvalue weighted by Gasteiger charge is 2.27. The van der Waals surface area contributed by atoms with E-state index in [-0.39, 0.29) is 10.5 Å². The van der Waals surface area contributed by atoms with Gasteiger partial charge in [-0.1, -0.05) is 23.8 Å². The van der Waals surface area contributed by atoms with Crippen molar-refractivity contribution < 1.29 is 17.9 Å². The summed E-state index contributed by atoms with van der Waals surface area (Å²) in [6.07, 6.45) is 1.74. The Morgan fingerprint density at radius 3 is 2.23 bits per heavy atom. The Morgan fingerprint density at radius 2 is 1.62 bits per heavy atom. The van der Waals surface area contributed by atoms with Crippen LogP contribution in [0.15, 0.2) is 41.3 Å². The molecule has 0 spiro atoms. The van der Waals surface area contributed by atoms with Gasteiger partial charge in [-0.15, -0.1) is 0 Å². The van der Waals surface area contributed by atoms with E-state index in [9.17, 15) is 13.2 Å². The molecular formula is C20H23NO4S. The van der Waals surface area contributed by atoms with Gasteiger partial charge in [-0.3, -0.25) is 0 Å². The van der Waals surface area contributed by atoms with Crippen molar-refractivity contribution in [3.05, 3.63) is 58.7 Å². The lowest BCUT2D eigenvalue weighted by Gasteiger charge is -2.16. The van der Waals surface area contributed by atoms with Gasteiger partial charge < -0.3 is 4.74 Å². The predicted molar refractivity (Wildman–Crippen MR) is 100 cm³/mol. The lowest BCUT2D eigenvalue weighted by molar-refractivity contribution is 0.0732. The van der Waals surface area contributed by atoms with Gasteiger partial charge in [-0.25, -0.2) is 13.2 Å². The summed E-state index contributed by atoms with van der Waals surface area (Å²) in [6.45, 7) is 6.81. The summed E-state index contributed by atoms with van der Waals surface area (Å²) in [7, 11) is -3.56. The molecule has 0 N–H and O–H groups in total. The molecule has 138 valence electrons. The molecule has 0 aromatic heterocycles. The minimum atomic E-state index is -3.56. The van der Waals surface area contributed by atoms with Crippen LogP contribution in [0.25, 0.3) is 0 Å². The van der Waals surface area contributed by atoms with Gasteiger partial charge in [0, 0.05) is 13.1 Å². The Bertz CT molecular complexity index is 921. The fourth-order valence-electron chi connectivity index (χ4n) is 3.34. The summed E-state index contributed by atoms with van der Waals surface area (Å²) in [5, 5.41) is 0. The molecule has 0 unspecified atom stereocenters. The van der Waals surface area contributed by atoms with E-state index >= 15 is 0 Å². The van der Waals surface area contributed by atoms with E-state index in [1.165, 1.54) is 16.4 Å². The van der Waals surface area contributed by atoms with Crippen molar-refractivity contribution in [3.8, 4) is 5.75 Å². The van der Waals surface area contributed by atoms with Gasteiger partial charge in [0.2, 0.25) is 10.0 Å². The number of nitrogens with zero attached hydrogens (tertiary/aromatic N) is 1. The van der Waals surface area contributed by atoms with E-state index in [1.807, 2.05) is 32.9 Å². The zero-order valence-corrected chi connectivity index (χ0v) is 16.1. The minimum Gasteiger partial charge on any atom is -0.422 e. The van der Waals surface area contributed by atoms with Crippen LogP contribution in [-0.4, -0.2) is 31.8 Å². The monoisotopic (exact) mass is 373 g/mol. The molecule has 1 heterocycles. The predicted octanol–water partition coefficient (Wildman–Crippen LogP) is 3.62. The summed E-state index contributed by atoms with van der Waals surface area (Å²) in [4.78, 5) is 12.7. The number of hydrogen-bond donors (Lipinski definition) is 0. The van der Waals surface area contributed by atoms with E-state index in [0.717, 1.165) is 29.5 Å². The van der Waals surface area contributed by atoms with Crippen LogP contribution in [0, 0.1) is 20.8 Å². The fourth-order valence-corrected chi connectivity index (χ4v) is 4.90. The number of rotatable bonds is 4. The zero-order valence-electron chi connectivity index (χ0n) is 15.3. The number of ether oxygens (including phenoxy) is 1. The fraction of sp³-hybridized carbons (Fsp3) is 0.350. The highest BCUT2D eigenvalue weighted by Crippen LogP contribution is 2.26. The van der Waals surface area contributed by atoms with Gasteiger partial charge in [-0.2, -0.15) is 4.31 Å². The van der Waals surface area contributed by atoms with Crippen molar-refractivity contribution in [2.75, 3.05) is 13.1 Å². The first-order valence-corrected chi connectivity index (χ1v) is 10.1. The van der Waals surface area contributed by atoms with Gasteiger partial charge in [0.05, 0.1) is 10.5 Å². The van der Waals surface area contributed by atoms with Crippen molar-refractivity contribution in [2.24, 2.45) is 0 Å². The molecule has 0 amide bonds. The maximum atomic E-state index is 12.7. The molecule has 5 nitrogen and oxygen atoms in total. The van der Waals surface area contributed by atoms with E-state index in [0.29, 0.717) is 18.8 Å². The summed E-state index contributed by atoms with van der Waals surface area (Å²) in [5.74, 6) is -0.0353. The molecule has 0 aliphatic carbocycles. The number of carbonyl (C=O) groups excluding carboxylic acids is 1. The van der Waals surface area contributed by atoms with E-state index in [1.54, 1.807) is 12.1 Å². The number of hydrogen-bond acceptors (Lipinski definition) is 4. The van der Waals surface area contributed by atoms with Crippen LogP contribution in [0.3, 0.4) is 0 Å². The summed E-state index contributed by atoms with van der Waals surface area (Å²) in [5.41, 5.74) is 3.07. The Balaban J connectivity index is 1.88. The van der Waals surface area contributed by atoms with Crippen molar-refractivity contribution in [1.29, 1.82) is 0 Å². The number of benzene rings is 2. The van der Waals surface area contributed by atoms with Gasteiger partial charge in [0.25, 0.3) is 0 Å². The summed E-state index contributed by atoms with van der Waals surface area (Å²) in [6, 6.07) is 9.97. The van der Waals surface area contributed by atoms with Crippen molar-refractivity contribution in [3.63, 3.8) is 0 Å². The van der Waals surface area contributed by atoms with Crippen LogP contribution < -0.4 is 4.74 Å². The third kappa shape index (κ3) is 3.66. The second-order valence-corrected chi connectivity index (χ2v) is 8.69. The minimum absolute atomic E-state index is 0.131. The van der Waals surface area contributed by atoms with Crippen LogP contribution in [0.5, 0.6) is 5.75 Å². The lowest BCUT2D eigenvalue weighted by Crippen LogP contribution is -2.28. The average Bonchev–Trinajstić information content (AvgIpc) is 3.13. The third-order valence-electron chi connectivity index (χ3n) is 4.57. The molecule has 0 saturated carbocycles. The lowest BCUT2D eigenvalue weighted by atomic mass is 10.1. The second kappa shape index (κ2) is 7.21. The molecule has 26 heavy (non-hydrogen) atoms. The summed E-state index contributed by atoms with van der Waals surface area (Å²) >= 11 is 0. The molecule has 2 aromatic carbocycles. The van der Waals surface area contributed by atoms with Crippen LogP contribution in [0.4, 0.5) is 0 Å². The van der Waals surface area contributed by atoms with Gasteiger partial charge >= 0.3 is 5.97 Å². The van der Waals surface area contributed by atoms with E-state index < -0.39 is 16.0 Å². The van der Waals surface area contributed by atoms with Gasteiger partial charge in [-0.05, 0) is 62.9 Å². The van der Waals surface area contributed by atoms with Crippen LogP contribution in [-0.2, 0) is 10.0 Å². The van der Waals surface area contributed by atoms with Crippen molar-refractivity contribution in [1.82, 2.24) is 4.31 Å². The number of carbonyl (C=O) groups is 1. The molecule has 6 heteroatoms. The summed E-state index contributed by atoms with van der Waals surface area (Å²) < 4.78 is 32.4. The number of aryl methyl sites for hydroxylation is 3. The van der Waals surface area contributed by atoms with E-state index in [4.69, 9.17) is 4.74 Å². The zero-order chi connectivity index (χ0) is 18.9. The standard InChI is InChI=1S/C20H23NO4S/c1-14-11-15(2)19(16(3)12-14)25-20(22)17-7-6-8-18(13-17)26(23,24)21-9-4-5-10-21/h6-8,11-13H,4-5,9-10H2,1-3H3. The van der Waals surface area contributed by atoms with E-state index in [2.05, 4.69) is 0 Å². The molecule has 2 aromatic rings. The molecule has 0 atom stereocenters. The third-order valence-corrected chi connectivity index (χ3v) is 6.47. The normalized spacial score (nSPS) is 15.2. The van der Waals surface area contributed by atoms with Crippen LogP contribution in [0.1, 0.15) is 39.9 Å². The van der Waals surface area contributed by atoms with Crippen molar-refractivity contribution in [2.45, 2.75) is 38.5 Å². The number of sulfonamides is 1. The molecule has 0 radical (unpaired) electrons. The molecule has 0 bridgehead atoms.